The summed E-state index contributed by atoms with van der Waals surface area (Å²) in [5, 5.41) is 5.66. The highest BCUT2D eigenvalue weighted by molar-refractivity contribution is 7.79. The van der Waals surface area contributed by atoms with Gasteiger partial charge in [0.15, 0.2) is 29.2 Å². The molecule has 0 radical (unpaired) electrons. The number of pyridine rings is 1. The van der Waals surface area contributed by atoms with E-state index in [-0.39, 0.29) is 13.6 Å². The fraction of sp³-hybridized carbons (Fsp3) is 0.150. The van der Waals surface area contributed by atoms with Crippen molar-refractivity contribution in [2.45, 2.75) is 0 Å². The van der Waals surface area contributed by atoms with Gasteiger partial charge in [0.05, 0.1) is 16.2 Å². The van der Waals surface area contributed by atoms with Crippen molar-refractivity contribution >= 4 is 42.8 Å². The minimum Gasteiger partial charge on any atom is -0.726 e. The molecule has 1 aromatic heterocycles. The third kappa shape index (κ3) is 3.11. The van der Waals surface area contributed by atoms with E-state index in [9.17, 15) is 0 Å². The highest BCUT2D eigenvalue weighted by atomic mass is 32.3. The molecule has 3 aromatic carbocycles. The molecule has 4 aromatic rings. The maximum absolute atomic E-state index is 8.63. The van der Waals surface area contributed by atoms with Gasteiger partial charge in [-0.1, -0.05) is 6.07 Å². The number of benzene rings is 3. The van der Waals surface area contributed by atoms with E-state index in [0.29, 0.717) is 0 Å². The molecule has 10 heteroatoms. The van der Waals surface area contributed by atoms with Gasteiger partial charge < -0.3 is 23.5 Å². The van der Waals surface area contributed by atoms with Crippen LogP contribution in [-0.2, 0) is 17.4 Å². The molecule has 9 nitrogen and oxygen atoms in total. The second-order valence-corrected chi connectivity index (χ2v) is 7.67. The quantitative estimate of drug-likeness (QED) is 0.196. The molecule has 2 aliphatic heterocycles. The number of nitrogens with zero attached hydrogens (tertiary/aromatic N) is 1. The van der Waals surface area contributed by atoms with Gasteiger partial charge >= 0.3 is 0 Å². The summed E-state index contributed by atoms with van der Waals surface area (Å²) < 4.78 is 57.3. The van der Waals surface area contributed by atoms with Crippen LogP contribution in [-0.4, -0.2) is 31.1 Å². The Balaban J connectivity index is 0.000000349. The topological polar surface area (TPSA) is 118 Å². The predicted octanol–water partition coefficient (Wildman–Crippen LogP) is 2.43. The first-order valence-electron chi connectivity index (χ1n) is 8.85. The van der Waals surface area contributed by atoms with Gasteiger partial charge in [0.2, 0.25) is 29.5 Å². The second-order valence-electron chi connectivity index (χ2n) is 6.82. The van der Waals surface area contributed by atoms with Gasteiger partial charge in [-0.25, -0.2) is 8.42 Å². The van der Waals surface area contributed by atoms with Gasteiger partial charge in [0.25, 0.3) is 0 Å². The first-order valence-corrected chi connectivity index (χ1v) is 10.2. The third-order valence-electron chi connectivity index (χ3n) is 5.03. The zero-order valence-electron chi connectivity index (χ0n) is 15.6. The first-order chi connectivity index (χ1) is 14.3. The van der Waals surface area contributed by atoms with Crippen LogP contribution in [0.4, 0.5) is 0 Å². The van der Waals surface area contributed by atoms with E-state index in [1.807, 2.05) is 12.1 Å². The number of ether oxygens (including phenoxy) is 4. The van der Waals surface area contributed by atoms with Gasteiger partial charge in [0, 0.05) is 5.39 Å². The summed E-state index contributed by atoms with van der Waals surface area (Å²) in [6.45, 7) is 0.555. The predicted molar refractivity (Wildman–Crippen MR) is 105 cm³/mol. The molecular formula is C20H15NO8S. The molecule has 0 saturated carbocycles. The number of hydrogen-bond acceptors (Lipinski definition) is 7. The van der Waals surface area contributed by atoms with E-state index in [2.05, 4.69) is 42.1 Å². The SMILES string of the molecule is C[n+]1cc2c3c(ccc2c2ccc4cc5c(cc4c21)OCO5)OCO3.O=S(=O)([O-])O. The lowest BCUT2D eigenvalue weighted by Gasteiger charge is -2.08. The summed E-state index contributed by atoms with van der Waals surface area (Å²) in [5.41, 5.74) is 1.15. The lowest BCUT2D eigenvalue weighted by atomic mass is 10.00. The molecule has 3 heterocycles. The average Bonchev–Trinajstić information content (AvgIpc) is 3.33. The van der Waals surface area contributed by atoms with Gasteiger partial charge in [0.1, 0.15) is 7.05 Å². The standard InChI is InChI=1S/C20H14NO4.H2O4S/c1-21-8-15-12(4-5-16-20(15)25-10-22-16)13-3-2-11-6-17-18(24-9-23-17)7-14(11)19(13)21;1-5(2,3)4/h2-8H,9-10H2,1H3;(H2,1,2,3,4)/q+1;/p-1. The number of hydrogen-bond donors (Lipinski definition) is 1. The number of aromatic nitrogens is 1. The van der Waals surface area contributed by atoms with Crippen LogP contribution in [0.3, 0.4) is 0 Å². The van der Waals surface area contributed by atoms with E-state index < -0.39 is 10.4 Å². The van der Waals surface area contributed by atoms with Crippen molar-refractivity contribution in [1.29, 1.82) is 0 Å². The lowest BCUT2D eigenvalue weighted by molar-refractivity contribution is -0.642. The molecule has 0 spiro atoms. The second kappa shape index (κ2) is 6.59. The zero-order chi connectivity index (χ0) is 21.0. The summed E-state index contributed by atoms with van der Waals surface area (Å²) in [7, 11) is -2.86. The molecule has 0 fully saturated rings. The molecule has 154 valence electrons. The molecule has 30 heavy (non-hydrogen) atoms. The van der Waals surface area contributed by atoms with Crippen molar-refractivity contribution < 1.29 is 41.0 Å². The first kappa shape index (κ1) is 18.7. The monoisotopic (exact) mass is 429 g/mol. The summed E-state index contributed by atoms with van der Waals surface area (Å²) in [6.07, 6.45) is 2.11. The summed E-state index contributed by atoms with van der Waals surface area (Å²) in [5.74, 6) is 3.22. The lowest BCUT2D eigenvalue weighted by Crippen LogP contribution is -2.28. The highest BCUT2D eigenvalue weighted by Crippen LogP contribution is 2.42. The van der Waals surface area contributed by atoms with Gasteiger partial charge in [-0.15, -0.1) is 0 Å². The zero-order valence-corrected chi connectivity index (χ0v) is 16.4. The van der Waals surface area contributed by atoms with Crippen LogP contribution in [0, 0.1) is 0 Å². The molecule has 0 saturated heterocycles. The Morgan fingerprint density at radius 2 is 1.50 bits per heavy atom. The van der Waals surface area contributed by atoms with Crippen LogP contribution in [0.15, 0.2) is 42.6 Å². The Hall–Kier alpha value is -3.34. The summed E-state index contributed by atoms with van der Waals surface area (Å²) >= 11 is 0. The number of rotatable bonds is 0. The molecule has 0 aliphatic carbocycles. The molecule has 0 bridgehead atoms. The van der Waals surface area contributed by atoms with E-state index in [1.165, 1.54) is 5.39 Å². The molecule has 6 rings (SSSR count). The van der Waals surface area contributed by atoms with E-state index in [0.717, 1.165) is 50.1 Å². The van der Waals surface area contributed by atoms with Crippen LogP contribution in [0.2, 0.25) is 0 Å². The fourth-order valence-corrected chi connectivity index (χ4v) is 3.91. The summed E-state index contributed by atoms with van der Waals surface area (Å²) in [4.78, 5) is 0. The third-order valence-corrected chi connectivity index (χ3v) is 5.03. The molecule has 0 unspecified atom stereocenters. The summed E-state index contributed by atoms with van der Waals surface area (Å²) in [6, 6.07) is 12.5. The molecule has 0 amide bonds. The Morgan fingerprint density at radius 3 is 2.27 bits per heavy atom. The van der Waals surface area contributed by atoms with Crippen molar-refractivity contribution in [1.82, 2.24) is 0 Å². The highest BCUT2D eigenvalue weighted by Gasteiger charge is 2.24. The maximum atomic E-state index is 8.63. The number of aryl methyl sites for hydroxylation is 1. The van der Waals surface area contributed by atoms with Gasteiger partial charge in [-0.05, 0) is 35.7 Å². The van der Waals surface area contributed by atoms with E-state index >= 15 is 0 Å². The average molecular weight is 429 g/mol. The van der Waals surface area contributed by atoms with Crippen molar-refractivity contribution in [3.05, 3.63) is 42.6 Å². The van der Waals surface area contributed by atoms with Crippen molar-refractivity contribution in [3.8, 4) is 23.0 Å². The Bertz CT molecular complexity index is 1440. The smallest absolute Gasteiger partial charge is 0.231 e. The van der Waals surface area contributed by atoms with E-state index in [1.54, 1.807) is 0 Å². The fourth-order valence-electron chi connectivity index (χ4n) is 3.91. The van der Waals surface area contributed by atoms with Gasteiger partial charge in [-0.3, -0.25) is 4.55 Å². The van der Waals surface area contributed by atoms with Crippen LogP contribution >= 0.6 is 0 Å². The van der Waals surface area contributed by atoms with Gasteiger partial charge in [-0.2, -0.15) is 4.57 Å². The molecule has 1 N–H and O–H groups in total. The van der Waals surface area contributed by atoms with E-state index in [4.69, 9.17) is 36.5 Å². The van der Waals surface area contributed by atoms with Crippen LogP contribution in [0.1, 0.15) is 0 Å². The van der Waals surface area contributed by atoms with Crippen molar-refractivity contribution in [3.63, 3.8) is 0 Å². The Kier molecular flexibility index (Phi) is 4.10. The Morgan fingerprint density at radius 1 is 0.867 bits per heavy atom. The minimum absolute atomic E-state index is 0.275. The minimum atomic E-state index is -4.92. The van der Waals surface area contributed by atoms with Crippen molar-refractivity contribution in [2.75, 3.05) is 13.6 Å². The molecule has 2 aliphatic rings. The maximum Gasteiger partial charge on any atom is 0.231 e. The van der Waals surface area contributed by atoms with Crippen LogP contribution in [0.5, 0.6) is 23.0 Å². The molecule has 0 atom stereocenters. The normalized spacial score (nSPS) is 14.2. The largest absolute Gasteiger partial charge is 0.726 e. The van der Waals surface area contributed by atoms with Crippen LogP contribution < -0.4 is 23.5 Å². The molecular weight excluding hydrogens is 414 g/mol. The number of fused-ring (bicyclic) bond motifs is 8. The van der Waals surface area contributed by atoms with Crippen LogP contribution in [0.25, 0.3) is 32.4 Å². The van der Waals surface area contributed by atoms with Crippen molar-refractivity contribution in [2.24, 2.45) is 7.05 Å². The Labute approximate surface area is 170 Å².